The maximum atomic E-state index is 6.12. The van der Waals surface area contributed by atoms with E-state index in [1.165, 1.54) is 14.3 Å². The van der Waals surface area contributed by atoms with Gasteiger partial charge in [-0.1, -0.05) is 0 Å². The van der Waals surface area contributed by atoms with Crippen molar-refractivity contribution >= 4 is 79.1 Å². The van der Waals surface area contributed by atoms with Crippen LogP contribution >= 0.6 is 46.4 Å². The molecule has 0 aliphatic carbocycles. The molecule has 4 aromatic carbocycles. The van der Waals surface area contributed by atoms with Crippen LogP contribution in [0.3, 0.4) is 0 Å². The van der Waals surface area contributed by atoms with Crippen LogP contribution in [0.25, 0.3) is 0 Å². The molecule has 0 saturated heterocycles. The van der Waals surface area contributed by atoms with E-state index >= 15 is 0 Å². The van der Waals surface area contributed by atoms with E-state index in [1.807, 2.05) is 0 Å². The predicted molar refractivity (Wildman–Crippen MR) is 148 cm³/mol. The number of hydrogen-bond donors (Lipinski definition) is 0. The Morgan fingerprint density at radius 3 is 0.667 bits per heavy atom. The zero-order chi connectivity index (χ0) is 23.3. The van der Waals surface area contributed by atoms with E-state index in [9.17, 15) is 0 Å². The van der Waals surface area contributed by atoms with Crippen LogP contribution in [0.5, 0.6) is 0 Å². The van der Waals surface area contributed by atoms with Crippen LogP contribution in [-0.2, 0) is 23.5 Å². The van der Waals surface area contributed by atoms with Crippen LogP contribution in [0.4, 0.5) is 0 Å². The summed E-state index contributed by atoms with van der Waals surface area (Å²) in [6.45, 7) is 0. The van der Waals surface area contributed by atoms with Crippen molar-refractivity contribution in [2.75, 3.05) is 0 Å². The van der Waals surface area contributed by atoms with Gasteiger partial charge >= 0.3 is 222 Å². The Bertz CT molecular complexity index is 973. The molecule has 0 saturated carbocycles. The summed E-state index contributed by atoms with van der Waals surface area (Å²) < 4.78 is 5.48. The Labute approximate surface area is 220 Å². The van der Waals surface area contributed by atoms with E-state index in [4.69, 9.17) is 46.4 Å². The van der Waals surface area contributed by atoms with Crippen molar-refractivity contribution < 1.29 is 0 Å². The molecule has 168 valence electrons. The molecule has 4 rings (SSSR count). The molecular weight excluding hydrogens is 597 g/mol. The van der Waals surface area contributed by atoms with Gasteiger partial charge in [0.1, 0.15) is 0 Å². The molecule has 0 N–H and O–H groups in total. The summed E-state index contributed by atoms with van der Waals surface area (Å²) in [7, 11) is 0. The Hall–Kier alpha value is -1.16. The predicted octanol–water partition coefficient (Wildman–Crippen LogP) is 6.02. The first kappa shape index (κ1) is 24.9. The molecule has 0 aromatic heterocycles. The molecule has 33 heavy (non-hydrogen) atoms. The molecular formula is C28H24Cl4Sn. The molecule has 0 spiro atoms. The molecule has 0 aliphatic rings. The van der Waals surface area contributed by atoms with Gasteiger partial charge in [-0.2, -0.15) is 0 Å². The molecule has 0 unspecified atom stereocenters. The minimum atomic E-state index is -3.68. The number of alkyl halides is 4. The second kappa shape index (κ2) is 11.5. The first-order chi connectivity index (χ1) is 16.1. The SMILES string of the molecule is ClCc1cc[c]([Sn]([c]2ccc(CCl)cc2)([c]2ccc(CCl)cc2)[c]2ccc(CCl)cc2)cc1. The van der Waals surface area contributed by atoms with Gasteiger partial charge in [0.05, 0.1) is 0 Å². The number of hydrogen-bond acceptors (Lipinski definition) is 0. The minimum absolute atomic E-state index is 0.502. The summed E-state index contributed by atoms with van der Waals surface area (Å²) in [5.41, 5.74) is 4.47. The Morgan fingerprint density at radius 2 is 0.515 bits per heavy atom. The average molecular weight is 621 g/mol. The van der Waals surface area contributed by atoms with Crippen LogP contribution in [-0.4, -0.2) is 18.4 Å². The van der Waals surface area contributed by atoms with Crippen molar-refractivity contribution in [3.63, 3.8) is 0 Å². The topological polar surface area (TPSA) is 0 Å². The molecule has 5 heteroatoms. The molecule has 4 aromatic rings. The van der Waals surface area contributed by atoms with Gasteiger partial charge in [0, 0.05) is 0 Å². The van der Waals surface area contributed by atoms with E-state index in [0.717, 1.165) is 22.3 Å². The molecule has 0 bridgehead atoms. The van der Waals surface area contributed by atoms with Crippen molar-refractivity contribution in [3.05, 3.63) is 119 Å². The van der Waals surface area contributed by atoms with Gasteiger partial charge in [-0.05, 0) is 0 Å². The fourth-order valence-corrected chi connectivity index (χ4v) is 18.4. The van der Waals surface area contributed by atoms with E-state index in [2.05, 4.69) is 97.1 Å². The van der Waals surface area contributed by atoms with Crippen molar-refractivity contribution in [2.45, 2.75) is 23.5 Å². The van der Waals surface area contributed by atoms with Crippen molar-refractivity contribution in [3.8, 4) is 0 Å². The molecule has 0 fully saturated rings. The summed E-state index contributed by atoms with van der Waals surface area (Å²) in [4.78, 5) is 0. The second-order valence-corrected chi connectivity index (χ2v) is 20.0. The summed E-state index contributed by atoms with van der Waals surface area (Å²) in [5.74, 6) is 2.01. The fraction of sp³-hybridized carbons (Fsp3) is 0.143. The van der Waals surface area contributed by atoms with Gasteiger partial charge < -0.3 is 0 Å². The summed E-state index contributed by atoms with van der Waals surface area (Å²) >= 11 is 20.8. The van der Waals surface area contributed by atoms with E-state index in [0.29, 0.717) is 23.5 Å². The van der Waals surface area contributed by atoms with E-state index in [1.54, 1.807) is 0 Å². The molecule has 0 heterocycles. The first-order valence-corrected chi connectivity index (χ1v) is 18.6. The van der Waals surface area contributed by atoms with Gasteiger partial charge in [-0.15, -0.1) is 0 Å². The van der Waals surface area contributed by atoms with Crippen LogP contribution in [0.2, 0.25) is 0 Å². The summed E-state index contributed by atoms with van der Waals surface area (Å²) in [6.07, 6.45) is 0. The summed E-state index contributed by atoms with van der Waals surface area (Å²) in [5, 5.41) is 0. The second-order valence-electron chi connectivity index (χ2n) is 8.07. The van der Waals surface area contributed by atoms with Crippen LogP contribution in [0, 0.1) is 0 Å². The van der Waals surface area contributed by atoms with E-state index < -0.39 is 18.4 Å². The maximum absolute atomic E-state index is 6.12. The third kappa shape index (κ3) is 5.11. The van der Waals surface area contributed by atoms with Gasteiger partial charge in [-0.3, -0.25) is 0 Å². The van der Waals surface area contributed by atoms with E-state index in [-0.39, 0.29) is 0 Å². The normalized spacial score (nSPS) is 11.5. The van der Waals surface area contributed by atoms with Gasteiger partial charge in [0.2, 0.25) is 0 Å². The molecule has 0 nitrogen and oxygen atoms in total. The van der Waals surface area contributed by atoms with Crippen molar-refractivity contribution in [1.82, 2.24) is 0 Å². The zero-order valence-corrected chi connectivity index (χ0v) is 24.0. The monoisotopic (exact) mass is 620 g/mol. The zero-order valence-electron chi connectivity index (χ0n) is 18.1. The molecule has 0 radical (unpaired) electrons. The van der Waals surface area contributed by atoms with Crippen LogP contribution in [0.1, 0.15) is 22.3 Å². The van der Waals surface area contributed by atoms with Crippen molar-refractivity contribution in [1.29, 1.82) is 0 Å². The standard InChI is InChI=1S/4C7H6Cl.Sn/c4*8-6-7-4-2-1-3-5-7;/h4*2-5H,6H2;. The van der Waals surface area contributed by atoms with Gasteiger partial charge in [0.25, 0.3) is 0 Å². The summed E-state index contributed by atoms with van der Waals surface area (Å²) in [6, 6.07) is 35.4. The Balaban J connectivity index is 2.05. The average Bonchev–Trinajstić information content (AvgIpc) is 2.90. The first-order valence-electron chi connectivity index (χ1n) is 10.8. The van der Waals surface area contributed by atoms with Crippen LogP contribution < -0.4 is 14.3 Å². The molecule has 0 atom stereocenters. The van der Waals surface area contributed by atoms with Crippen molar-refractivity contribution in [2.24, 2.45) is 0 Å². The van der Waals surface area contributed by atoms with Crippen LogP contribution in [0.15, 0.2) is 97.1 Å². The Morgan fingerprint density at radius 1 is 0.333 bits per heavy atom. The number of halogens is 4. The third-order valence-corrected chi connectivity index (χ3v) is 21.1. The molecule has 0 amide bonds. The quantitative estimate of drug-likeness (QED) is 0.167. The van der Waals surface area contributed by atoms with Gasteiger partial charge in [0.15, 0.2) is 0 Å². The Kier molecular flexibility index (Phi) is 8.70. The fourth-order valence-electron chi connectivity index (χ4n) is 4.38. The van der Waals surface area contributed by atoms with Gasteiger partial charge in [-0.25, -0.2) is 0 Å². The molecule has 0 aliphatic heterocycles. The number of rotatable bonds is 8. The number of benzene rings is 4. The third-order valence-electron chi connectivity index (χ3n) is 6.17.